The Bertz CT molecular complexity index is 726. The van der Waals surface area contributed by atoms with Crippen molar-refractivity contribution in [2.75, 3.05) is 6.54 Å². The molecule has 22 heavy (non-hydrogen) atoms. The van der Waals surface area contributed by atoms with E-state index in [-0.39, 0.29) is 0 Å². The summed E-state index contributed by atoms with van der Waals surface area (Å²) >= 11 is 1.77. The quantitative estimate of drug-likeness (QED) is 0.841. The molecule has 0 saturated heterocycles. The summed E-state index contributed by atoms with van der Waals surface area (Å²) in [5.74, 6) is 7.33. The van der Waals surface area contributed by atoms with Crippen molar-refractivity contribution in [2.45, 2.75) is 39.5 Å². The smallest absolute Gasteiger partial charge is 0.0771 e. The molecule has 1 aromatic carbocycles. The summed E-state index contributed by atoms with van der Waals surface area (Å²) in [4.78, 5) is 1.20. The van der Waals surface area contributed by atoms with Gasteiger partial charge in [-0.05, 0) is 85.3 Å². The SMILES string of the molecule is Cc1cc(Cc2csc(C#CC3CC3)c2)c(C)cc1CCN. The summed E-state index contributed by atoms with van der Waals surface area (Å²) in [6.45, 7) is 5.11. The lowest BCUT2D eigenvalue weighted by atomic mass is 9.95. The van der Waals surface area contributed by atoms with Gasteiger partial charge in [0.1, 0.15) is 0 Å². The summed E-state index contributed by atoms with van der Waals surface area (Å²) in [5, 5.41) is 2.25. The van der Waals surface area contributed by atoms with E-state index in [1.165, 1.54) is 45.5 Å². The Morgan fingerprint density at radius 3 is 2.59 bits per heavy atom. The van der Waals surface area contributed by atoms with E-state index in [1.54, 1.807) is 11.3 Å². The van der Waals surface area contributed by atoms with Crippen LogP contribution in [0.2, 0.25) is 0 Å². The van der Waals surface area contributed by atoms with E-state index in [1.807, 2.05) is 0 Å². The summed E-state index contributed by atoms with van der Waals surface area (Å²) in [5.41, 5.74) is 12.6. The van der Waals surface area contributed by atoms with Gasteiger partial charge >= 0.3 is 0 Å². The molecular formula is C20H23NS. The Hall–Kier alpha value is -1.56. The second-order valence-electron chi connectivity index (χ2n) is 6.28. The first-order chi connectivity index (χ1) is 10.7. The highest BCUT2D eigenvalue weighted by Crippen LogP contribution is 2.28. The maximum Gasteiger partial charge on any atom is 0.0771 e. The summed E-state index contributed by atoms with van der Waals surface area (Å²) < 4.78 is 0. The molecule has 2 aromatic rings. The predicted octanol–water partition coefficient (Wildman–Crippen LogP) is 4.22. The van der Waals surface area contributed by atoms with Crippen LogP contribution in [0.4, 0.5) is 0 Å². The van der Waals surface area contributed by atoms with Crippen molar-refractivity contribution in [3.63, 3.8) is 0 Å². The van der Waals surface area contributed by atoms with Crippen LogP contribution in [0, 0.1) is 31.6 Å². The first-order valence-corrected chi connectivity index (χ1v) is 8.91. The summed E-state index contributed by atoms with van der Waals surface area (Å²) in [6, 6.07) is 6.88. The lowest BCUT2D eigenvalue weighted by Crippen LogP contribution is -2.05. The van der Waals surface area contributed by atoms with Crippen molar-refractivity contribution in [1.29, 1.82) is 0 Å². The van der Waals surface area contributed by atoms with Crippen LogP contribution in [0.15, 0.2) is 23.6 Å². The Kier molecular flexibility index (Phi) is 4.66. The average Bonchev–Trinajstić information content (AvgIpc) is 3.22. The molecule has 1 aliphatic rings. The van der Waals surface area contributed by atoms with Crippen molar-refractivity contribution in [1.82, 2.24) is 0 Å². The molecule has 0 atom stereocenters. The van der Waals surface area contributed by atoms with Crippen LogP contribution < -0.4 is 5.73 Å². The fraction of sp³-hybridized carbons (Fsp3) is 0.400. The van der Waals surface area contributed by atoms with Gasteiger partial charge in [-0.2, -0.15) is 0 Å². The molecule has 1 aliphatic carbocycles. The van der Waals surface area contributed by atoms with Crippen LogP contribution in [0.1, 0.15) is 45.5 Å². The van der Waals surface area contributed by atoms with E-state index in [4.69, 9.17) is 5.73 Å². The second kappa shape index (κ2) is 6.69. The van der Waals surface area contributed by atoms with Crippen LogP contribution >= 0.6 is 11.3 Å². The highest BCUT2D eigenvalue weighted by molar-refractivity contribution is 7.10. The molecule has 1 heterocycles. The molecule has 2 N–H and O–H groups in total. The molecule has 1 aromatic heterocycles. The zero-order valence-electron chi connectivity index (χ0n) is 13.4. The van der Waals surface area contributed by atoms with Gasteiger partial charge in [0.15, 0.2) is 0 Å². The molecule has 114 valence electrons. The first kappa shape index (κ1) is 15.3. The fourth-order valence-electron chi connectivity index (χ4n) is 2.71. The van der Waals surface area contributed by atoms with Crippen LogP contribution in [-0.2, 0) is 12.8 Å². The molecule has 1 saturated carbocycles. The third kappa shape index (κ3) is 3.80. The highest BCUT2D eigenvalue weighted by Gasteiger charge is 2.17. The molecule has 1 nitrogen and oxygen atoms in total. The van der Waals surface area contributed by atoms with E-state index >= 15 is 0 Å². The van der Waals surface area contributed by atoms with Gasteiger partial charge < -0.3 is 5.73 Å². The Morgan fingerprint density at radius 2 is 1.86 bits per heavy atom. The van der Waals surface area contributed by atoms with Crippen molar-refractivity contribution in [3.05, 3.63) is 56.3 Å². The number of hydrogen-bond acceptors (Lipinski definition) is 2. The number of hydrogen-bond donors (Lipinski definition) is 1. The number of aryl methyl sites for hydroxylation is 2. The van der Waals surface area contributed by atoms with Crippen LogP contribution in [0.25, 0.3) is 0 Å². The van der Waals surface area contributed by atoms with E-state index in [2.05, 4.69) is 49.3 Å². The summed E-state index contributed by atoms with van der Waals surface area (Å²) in [7, 11) is 0. The molecule has 3 rings (SSSR count). The average molecular weight is 309 g/mol. The van der Waals surface area contributed by atoms with Gasteiger partial charge in [0.2, 0.25) is 0 Å². The fourth-order valence-corrected chi connectivity index (χ4v) is 3.47. The van der Waals surface area contributed by atoms with Gasteiger partial charge in [0, 0.05) is 5.92 Å². The maximum atomic E-state index is 5.69. The minimum atomic E-state index is 0.672. The lowest BCUT2D eigenvalue weighted by Gasteiger charge is -2.11. The number of benzene rings is 1. The minimum Gasteiger partial charge on any atom is -0.330 e. The van der Waals surface area contributed by atoms with E-state index in [0.29, 0.717) is 12.5 Å². The summed E-state index contributed by atoms with van der Waals surface area (Å²) in [6.07, 6.45) is 4.54. The Morgan fingerprint density at radius 1 is 1.14 bits per heavy atom. The molecule has 0 bridgehead atoms. The van der Waals surface area contributed by atoms with Crippen LogP contribution in [0.5, 0.6) is 0 Å². The van der Waals surface area contributed by atoms with Gasteiger partial charge in [-0.25, -0.2) is 0 Å². The van der Waals surface area contributed by atoms with Gasteiger partial charge in [0.25, 0.3) is 0 Å². The predicted molar refractivity (Wildman–Crippen MR) is 95.4 cm³/mol. The molecular weight excluding hydrogens is 286 g/mol. The molecule has 0 spiro atoms. The Labute approximate surface area is 137 Å². The monoisotopic (exact) mass is 309 g/mol. The van der Waals surface area contributed by atoms with Gasteiger partial charge in [-0.15, -0.1) is 11.3 Å². The van der Waals surface area contributed by atoms with Crippen LogP contribution in [0.3, 0.4) is 0 Å². The standard InChI is InChI=1S/C20H23NS/c1-14-10-19(15(2)9-18(14)7-8-21)11-17-12-20(22-13-17)6-5-16-3-4-16/h9-10,12-13,16H,3-4,7-8,11,21H2,1-2H3. The second-order valence-corrected chi connectivity index (χ2v) is 7.19. The van der Waals surface area contributed by atoms with Crippen molar-refractivity contribution in [2.24, 2.45) is 11.7 Å². The minimum absolute atomic E-state index is 0.672. The number of rotatable bonds is 4. The van der Waals surface area contributed by atoms with Crippen molar-refractivity contribution in [3.8, 4) is 11.8 Å². The normalized spacial score (nSPS) is 13.8. The molecule has 0 amide bonds. The molecule has 0 radical (unpaired) electrons. The largest absolute Gasteiger partial charge is 0.330 e. The lowest BCUT2D eigenvalue weighted by molar-refractivity contribution is 0.951. The molecule has 0 aliphatic heterocycles. The van der Waals surface area contributed by atoms with Gasteiger partial charge in [-0.1, -0.05) is 24.0 Å². The zero-order chi connectivity index (χ0) is 15.5. The van der Waals surface area contributed by atoms with Crippen molar-refractivity contribution < 1.29 is 0 Å². The van der Waals surface area contributed by atoms with E-state index in [9.17, 15) is 0 Å². The molecule has 0 unspecified atom stereocenters. The van der Waals surface area contributed by atoms with E-state index in [0.717, 1.165) is 12.8 Å². The highest BCUT2D eigenvalue weighted by atomic mass is 32.1. The number of thiophene rings is 1. The van der Waals surface area contributed by atoms with E-state index < -0.39 is 0 Å². The maximum absolute atomic E-state index is 5.69. The number of nitrogens with two attached hydrogens (primary N) is 1. The molecule has 1 fully saturated rings. The van der Waals surface area contributed by atoms with Crippen molar-refractivity contribution >= 4 is 11.3 Å². The van der Waals surface area contributed by atoms with Crippen LogP contribution in [-0.4, -0.2) is 6.54 Å². The molecule has 2 heteroatoms. The third-order valence-electron chi connectivity index (χ3n) is 4.23. The van der Waals surface area contributed by atoms with Gasteiger partial charge in [-0.3, -0.25) is 0 Å². The zero-order valence-corrected chi connectivity index (χ0v) is 14.2. The Balaban J connectivity index is 1.75. The topological polar surface area (TPSA) is 26.0 Å². The first-order valence-electron chi connectivity index (χ1n) is 8.03. The van der Waals surface area contributed by atoms with Gasteiger partial charge in [0.05, 0.1) is 4.88 Å². The third-order valence-corrected chi connectivity index (χ3v) is 5.13.